The summed E-state index contributed by atoms with van der Waals surface area (Å²) >= 11 is 1.44. The highest BCUT2D eigenvalue weighted by Gasteiger charge is 2.24. The van der Waals surface area contributed by atoms with E-state index < -0.39 is 0 Å². The zero-order valence-corrected chi connectivity index (χ0v) is 11.6. The Morgan fingerprint density at radius 3 is 2.76 bits per heavy atom. The maximum absolute atomic E-state index is 12.2. The van der Waals surface area contributed by atoms with E-state index >= 15 is 0 Å². The summed E-state index contributed by atoms with van der Waals surface area (Å²) in [5.41, 5.74) is 7.89. The molecule has 0 aliphatic rings. The summed E-state index contributed by atoms with van der Waals surface area (Å²) in [6.45, 7) is 8.20. The van der Waals surface area contributed by atoms with Gasteiger partial charge in [-0.15, -0.1) is 11.3 Å². The Morgan fingerprint density at radius 2 is 2.29 bits per heavy atom. The fraction of sp³-hybridized carbons (Fsp3) is 0.667. The zero-order valence-electron chi connectivity index (χ0n) is 10.8. The number of carbonyl (C=O) groups is 1. The van der Waals surface area contributed by atoms with Gasteiger partial charge in [0.25, 0.3) is 5.91 Å². The number of thiazole rings is 1. The molecule has 0 aliphatic heterocycles. The van der Waals surface area contributed by atoms with Crippen LogP contribution >= 0.6 is 11.3 Å². The van der Waals surface area contributed by atoms with Crippen molar-refractivity contribution in [2.45, 2.75) is 27.2 Å². The predicted molar refractivity (Wildman–Crippen MR) is 71.1 cm³/mol. The lowest BCUT2D eigenvalue weighted by Gasteiger charge is -2.31. The van der Waals surface area contributed by atoms with E-state index in [1.54, 1.807) is 10.9 Å². The minimum absolute atomic E-state index is 0.00891. The van der Waals surface area contributed by atoms with E-state index in [2.05, 4.69) is 25.8 Å². The maximum Gasteiger partial charge on any atom is 0.273 e. The van der Waals surface area contributed by atoms with E-state index in [1.807, 2.05) is 4.90 Å². The van der Waals surface area contributed by atoms with Crippen molar-refractivity contribution < 1.29 is 4.79 Å². The summed E-state index contributed by atoms with van der Waals surface area (Å²) < 4.78 is 0. The van der Waals surface area contributed by atoms with Crippen molar-refractivity contribution in [3.05, 3.63) is 16.6 Å². The second-order valence-corrected chi connectivity index (χ2v) is 5.69. The third kappa shape index (κ3) is 4.09. The normalized spacial score (nSPS) is 11.5. The van der Waals surface area contributed by atoms with Gasteiger partial charge in [0.1, 0.15) is 5.69 Å². The lowest BCUT2D eigenvalue weighted by atomic mass is 9.93. The van der Waals surface area contributed by atoms with Gasteiger partial charge >= 0.3 is 0 Å². The highest BCUT2D eigenvalue weighted by atomic mass is 32.1. The average molecular weight is 255 g/mol. The van der Waals surface area contributed by atoms with Gasteiger partial charge in [-0.25, -0.2) is 4.98 Å². The smallest absolute Gasteiger partial charge is 0.273 e. The molecule has 1 heterocycles. The second kappa shape index (κ2) is 6.12. The van der Waals surface area contributed by atoms with Crippen LogP contribution in [0.3, 0.4) is 0 Å². The minimum atomic E-state index is -0.0547. The molecule has 17 heavy (non-hydrogen) atoms. The second-order valence-electron chi connectivity index (χ2n) is 4.97. The molecule has 1 rings (SSSR count). The van der Waals surface area contributed by atoms with Gasteiger partial charge in [-0.05, 0) is 18.4 Å². The molecule has 2 N–H and O–H groups in total. The lowest BCUT2D eigenvalue weighted by Crippen LogP contribution is -2.42. The van der Waals surface area contributed by atoms with Crippen molar-refractivity contribution in [2.24, 2.45) is 11.1 Å². The van der Waals surface area contributed by atoms with Gasteiger partial charge in [0.2, 0.25) is 0 Å². The van der Waals surface area contributed by atoms with Crippen LogP contribution in [0.5, 0.6) is 0 Å². The number of hydrogen-bond acceptors (Lipinski definition) is 4. The first kappa shape index (κ1) is 14.1. The molecule has 0 aromatic carbocycles. The van der Waals surface area contributed by atoms with Gasteiger partial charge in [0.05, 0.1) is 5.51 Å². The molecule has 0 saturated carbocycles. The Labute approximate surface area is 107 Å². The molecular weight excluding hydrogens is 234 g/mol. The van der Waals surface area contributed by atoms with Gasteiger partial charge in [0.15, 0.2) is 0 Å². The first-order valence-corrected chi connectivity index (χ1v) is 6.82. The molecule has 5 heteroatoms. The Bertz CT molecular complexity index is 349. The van der Waals surface area contributed by atoms with Crippen LogP contribution in [0.15, 0.2) is 10.9 Å². The predicted octanol–water partition coefficient (Wildman–Crippen LogP) is 1.98. The number of nitrogens with two attached hydrogens (primary N) is 1. The Morgan fingerprint density at radius 1 is 1.59 bits per heavy atom. The van der Waals surface area contributed by atoms with Gasteiger partial charge in [0, 0.05) is 18.5 Å². The quantitative estimate of drug-likeness (QED) is 0.845. The van der Waals surface area contributed by atoms with E-state index in [1.165, 1.54) is 11.3 Å². The summed E-state index contributed by atoms with van der Waals surface area (Å²) in [6, 6.07) is 0. The van der Waals surface area contributed by atoms with Gasteiger partial charge in [-0.1, -0.05) is 20.8 Å². The van der Waals surface area contributed by atoms with Crippen molar-refractivity contribution in [3.63, 3.8) is 0 Å². The monoisotopic (exact) mass is 255 g/mol. The standard InChI is InChI=1S/C12H21N3OS/c1-4-5-15(8-12(2,3)7-13)11(16)10-6-17-9-14-10/h6,9H,4-5,7-8,13H2,1-3H3. The van der Waals surface area contributed by atoms with Crippen LogP contribution in [0.2, 0.25) is 0 Å². The summed E-state index contributed by atoms with van der Waals surface area (Å²) in [6.07, 6.45) is 0.941. The highest BCUT2D eigenvalue weighted by molar-refractivity contribution is 7.07. The van der Waals surface area contributed by atoms with Gasteiger partial charge in [-0.2, -0.15) is 0 Å². The Balaban J connectivity index is 2.75. The number of amides is 1. The van der Waals surface area contributed by atoms with Crippen LogP contribution in [0.25, 0.3) is 0 Å². The summed E-state index contributed by atoms with van der Waals surface area (Å²) in [4.78, 5) is 18.1. The molecule has 0 radical (unpaired) electrons. The lowest BCUT2D eigenvalue weighted by molar-refractivity contribution is 0.0684. The molecule has 1 aromatic rings. The number of nitrogens with zero attached hydrogens (tertiary/aromatic N) is 2. The van der Waals surface area contributed by atoms with Crippen LogP contribution in [0.1, 0.15) is 37.7 Å². The number of aromatic nitrogens is 1. The SMILES string of the molecule is CCCN(CC(C)(C)CN)C(=O)c1cscn1. The maximum atomic E-state index is 12.2. The fourth-order valence-corrected chi connectivity index (χ4v) is 2.11. The van der Waals surface area contributed by atoms with Crippen molar-refractivity contribution in [1.29, 1.82) is 0 Å². The van der Waals surface area contributed by atoms with Crippen LogP contribution in [-0.4, -0.2) is 35.4 Å². The molecule has 0 fully saturated rings. The molecule has 1 aromatic heterocycles. The summed E-state index contributed by atoms with van der Waals surface area (Å²) in [5, 5.41) is 1.79. The average Bonchev–Trinajstić information content (AvgIpc) is 2.81. The van der Waals surface area contributed by atoms with Crippen LogP contribution < -0.4 is 5.73 Å². The van der Waals surface area contributed by atoms with Gasteiger partial charge < -0.3 is 10.6 Å². The van der Waals surface area contributed by atoms with Crippen LogP contribution in [0.4, 0.5) is 0 Å². The summed E-state index contributed by atoms with van der Waals surface area (Å²) in [7, 11) is 0. The largest absolute Gasteiger partial charge is 0.337 e. The van der Waals surface area contributed by atoms with E-state index in [-0.39, 0.29) is 11.3 Å². The number of hydrogen-bond donors (Lipinski definition) is 1. The van der Waals surface area contributed by atoms with Crippen molar-refractivity contribution >= 4 is 17.2 Å². The molecule has 96 valence electrons. The molecular formula is C12H21N3OS. The highest BCUT2D eigenvalue weighted by Crippen LogP contribution is 2.17. The number of carbonyl (C=O) groups excluding carboxylic acids is 1. The molecule has 0 spiro atoms. The Kier molecular flexibility index (Phi) is 5.08. The topological polar surface area (TPSA) is 59.2 Å². The third-order valence-electron chi connectivity index (χ3n) is 2.60. The van der Waals surface area contributed by atoms with E-state index in [0.717, 1.165) is 13.0 Å². The van der Waals surface area contributed by atoms with Crippen LogP contribution in [-0.2, 0) is 0 Å². The first-order chi connectivity index (χ1) is 8.00. The van der Waals surface area contributed by atoms with Crippen LogP contribution in [0, 0.1) is 5.41 Å². The minimum Gasteiger partial charge on any atom is -0.337 e. The van der Waals surface area contributed by atoms with E-state index in [4.69, 9.17) is 5.73 Å². The van der Waals surface area contributed by atoms with E-state index in [9.17, 15) is 4.79 Å². The molecule has 0 saturated heterocycles. The molecule has 1 amide bonds. The fourth-order valence-electron chi connectivity index (χ4n) is 1.58. The van der Waals surface area contributed by atoms with E-state index in [0.29, 0.717) is 18.8 Å². The number of rotatable bonds is 6. The van der Waals surface area contributed by atoms with Crippen molar-refractivity contribution in [1.82, 2.24) is 9.88 Å². The van der Waals surface area contributed by atoms with Gasteiger partial charge in [-0.3, -0.25) is 4.79 Å². The molecule has 0 aliphatic carbocycles. The zero-order chi connectivity index (χ0) is 12.9. The molecule has 0 bridgehead atoms. The Hall–Kier alpha value is -0.940. The van der Waals surface area contributed by atoms with Crippen molar-refractivity contribution in [2.75, 3.05) is 19.6 Å². The van der Waals surface area contributed by atoms with Crippen molar-refractivity contribution in [3.8, 4) is 0 Å². The molecule has 0 atom stereocenters. The first-order valence-electron chi connectivity index (χ1n) is 5.87. The molecule has 4 nitrogen and oxygen atoms in total. The third-order valence-corrected chi connectivity index (χ3v) is 3.19. The molecule has 0 unspecified atom stereocenters. The summed E-state index contributed by atoms with van der Waals surface area (Å²) in [5.74, 6) is 0.00891.